The predicted molar refractivity (Wildman–Crippen MR) is 78.5 cm³/mol. The Morgan fingerprint density at radius 1 is 1.35 bits per heavy atom. The molecule has 0 amide bonds. The lowest BCUT2D eigenvalue weighted by atomic mass is 10.2. The number of halogens is 2. The van der Waals surface area contributed by atoms with E-state index in [1.54, 1.807) is 6.07 Å². The van der Waals surface area contributed by atoms with Crippen LogP contribution in [0.4, 0.5) is 0 Å². The smallest absolute Gasteiger partial charge is 0.307 e. The summed E-state index contributed by atoms with van der Waals surface area (Å²) in [5, 5.41) is 9.43. The first-order valence-corrected chi connectivity index (χ1v) is 8.10. The van der Waals surface area contributed by atoms with E-state index in [9.17, 15) is 13.2 Å². The molecule has 0 aliphatic rings. The van der Waals surface area contributed by atoms with Gasteiger partial charge in [-0.3, -0.25) is 4.79 Å². The molecule has 1 unspecified atom stereocenters. The highest BCUT2D eigenvalue weighted by Gasteiger charge is 2.23. The van der Waals surface area contributed by atoms with E-state index in [1.165, 1.54) is 26.1 Å². The van der Waals surface area contributed by atoms with E-state index in [0.29, 0.717) is 10.6 Å². The van der Waals surface area contributed by atoms with Gasteiger partial charge >= 0.3 is 5.97 Å². The van der Waals surface area contributed by atoms with E-state index in [2.05, 4.69) is 0 Å². The zero-order valence-electron chi connectivity index (χ0n) is 11.0. The summed E-state index contributed by atoms with van der Waals surface area (Å²) in [4.78, 5) is 10.7. The van der Waals surface area contributed by atoms with Gasteiger partial charge in [0.05, 0.1) is 21.7 Å². The normalized spacial score (nSPS) is 13.4. The van der Waals surface area contributed by atoms with Crippen LogP contribution in [0.15, 0.2) is 18.2 Å². The Bertz CT molecular complexity index is 603. The first-order chi connectivity index (χ1) is 9.13. The van der Waals surface area contributed by atoms with Crippen LogP contribution in [0, 0.1) is 5.92 Å². The summed E-state index contributed by atoms with van der Waals surface area (Å²) >= 11 is 11.6. The summed E-state index contributed by atoms with van der Waals surface area (Å²) < 4.78 is 25.3. The molecule has 1 rings (SSSR count). The minimum Gasteiger partial charge on any atom is -0.481 e. The summed E-state index contributed by atoms with van der Waals surface area (Å²) in [5.74, 6) is -2.07. The molecular weight excluding hydrogens is 325 g/mol. The fraction of sp³-hybridized carbons (Fsp3) is 0.417. The maximum absolute atomic E-state index is 12.1. The van der Waals surface area contributed by atoms with E-state index in [0.717, 1.165) is 4.31 Å². The Morgan fingerprint density at radius 2 is 1.95 bits per heavy atom. The number of carboxylic acids is 1. The number of rotatable bonds is 6. The highest BCUT2D eigenvalue weighted by Crippen LogP contribution is 2.24. The lowest BCUT2D eigenvalue weighted by molar-refractivity contribution is -0.141. The van der Waals surface area contributed by atoms with Gasteiger partial charge in [0.15, 0.2) is 0 Å². The van der Waals surface area contributed by atoms with Gasteiger partial charge in [-0.1, -0.05) is 36.2 Å². The molecule has 0 spiro atoms. The third kappa shape index (κ3) is 4.63. The third-order valence-corrected chi connectivity index (χ3v) is 5.30. The number of sulfonamides is 1. The zero-order chi connectivity index (χ0) is 15.5. The molecule has 0 heterocycles. The van der Waals surface area contributed by atoms with Crippen LogP contribution in [-0.4, -0.2) is 37.4 Å². The number of carbonyl (C=O) groups is 1. The standard InChI is InChI=1S/C12H15Cl2NO4S/c1-8(12(16)17)6-15(2)20(18,19)7-9-3-4-10(13)11(14)5-9/h3-5,8H,6-7H2,1-2H3,(H,16,17). The molecule has 0 bridgehead atoms. The quantitative estimate of drug-likeness (QED) is 0.863. The van der Waals surface area contributed by atoms with Gasteiger partial charge < -0.3 is 5.11 Å². The second-order valence-electron chi connectivity index (χ2n) is 4.52. The second-order valence-corrected chi connectivity index (χ2v) is 7.41. The number of hydrogen-bond donors (Lipinski definition) is 1. The van der Waals surface area contributed by atoms with Crippen molar-refractivity contribution in [3.63, 3.8) is 0 Å². The molecule has 1 atom stereocenters. The fourth-order valence-electron chi connectivity index (χ4n) is 1.53. The molecule has 20 heavy (non-hydrogen) atoms. The van der Waals surface area contributed by atoms with Crippen LogP contribution < -0.4 is 0 Å². The Balaban J connectivity index is 2.83. The Labute approximate surface area is 128 Å². The predicted octanol–water partition coefficient (Wildman–Crippen LogP) is 2.48. The molecule has 0 aliphatic carbocycles. The first kappa shape index (κ1) is 17.2. The van der Waals surface area contributed by atoms with Crippen LogP contribution in [-0.2, 0) is 20.6 Å². The monoisotopic (exact) mass is 339 g/mol. The minimum atomic E-state index is -3.60. The maximum atomic E-state index is 12.1. The largest absolute Gasteiger partial charge is 0.481 e. The van der Waals surface area contributed by atoms with Gasteiger partial charge in [0.2, 0.25) is 10.0 Å². The average molecular weight is 340 g/mol. The van der Waals surface area contributed by atoms with E-state index >= 15 is 0 Å². The molecule has 5 nitrogen and oxygen atoms in total. The number of benzene rings is 1. The van der Waals surface area contributed by atoms with Crippen molar-refractivity contribution in [3.8, 4) is 0 Å². The Kier molecular flexibility index (Phi) is 5.82. The van der Waals surface area contributed by atoms with E-state index in [1.807, 2.05) is 0 Å². The lowest BCUT2D eigenvalue weighted by Crippen LogP contribution is -2.34. The second kappa shape index (κ2) is 6.76. The molecule has 1 aromatic carbocycles. The molecule has 0 aromatic heterocycles. The van der Waals surface area contributed by atoms with Crippen LogP contribution in [0.3, 0.4) is 0 Å². The van der Waals surface area contributed by atoms with E-state index in [-0.39, 0.29) is 17.3 Å². The highest BCUT2D eigenvalue weighted by molar-refractivity contribution is 7.88. The van der Waals surface area contributed by atoms with Gasteiger partial charge in [-0.25, -0.2) is 12.7 Å². The van der Waals surface area contributed by atoms with E-state index in [4.69, 9.17) is 28.3 Å². The maximum Gasteiger partial charge on any atom is 0.307 e. The van der Waals surface area contributed by atoms with E-state index < -0.39 is 21.9 Å². The lowest BCUT2D eigenvalue weighted by Gasteiger charge is -2.19. The Hall–Kier alpha value is -0.820. The molecule has 1 aromatic rings. The van der Waals surface area contributed by atoms with Crippen molar-refractivity contribution in [1.29, 1.82) is 0 Å². The van der Waals surface area contributed by atoms with Crippen LogP contribution in [0.1, 0.15) is 12.5 Å². The van der Waals surface area contributed by atoms with Crippen molar-refractivity contribution in [3.05, 3.63) is 33.8 Å². The first-order valence-electron chi connectivity index (χ1n) is 5.74. The topological polar surface area (TPSA) is 74.7 Å². The molecule has 8 heteroatoms. The van der Waals surface area contributed by atoms with Crippen LogP contribution in [0.2, 0.25) is 10.0 Å². The molecule has 0 fully saturated rings. The number of aliphatic carboxylic acids is 1. The summed E-state index contributed by atoms with van der Waals surface area (Å²) in [6.45, 7) is 1.37. The molecule has 0 saturated heterocycles. The number of nitrogens with zero attached hydrogens (tertiary/aromatic N) is 1. The molecule has 0 saturated carbocycles. The van der Waals surface area contributed by atoms with Crippen molar-refractivity contribution in [2.45, 2.75) is 12.7 Å². The minimum absolute atomic E-state index is 0.0843. The van der Waals surface area contributed by atoms with Crippen LogP contribution in [0.25, 0.3) is 0 Å². The summed E-state index contributed by atoms with van der Waals surface area (Å²) in [5.41, 5.74) is 0.495. The van der Waals surface area contributed by atoms with Crippen molar-refractivity contribution >= 4 is 39.2 Å². The number of carboxylic acid groups (broad SMARTS) is 1. The third-order valence-electron chi connectivity index (χ3n) is 2.76. The van der Waals surface area contributed by atoms with Gasteiger partial charge in [-0.05, 0) is 17.7 Å². The van der Waals surface area contributed by atoms with Crippen LogP contribution in [0.5, 0.6) is 0 Å². The molecule has 0 aliphatic heterocycles. The summed E-state index contributed by atoms with van der Waals surface area (Å²) in [6.07, 6.45) is 0. The van der Waals surface area contributed by atoms with Crippen LogP contribution >= 0.6 is 23.2 Å². The summed E-state index contributed by atoms with van der Waals surface area (Å²) in [6, 6.07) is 4.57. The van der Waals surface area contributed by atoms with Gasteiger partial charge in [0.1, 0.15) is 0 Å². The van der Waals surface area contributed by atoms with Crippen molar-refractivity contribution < 1.29 is 18.3 Å². The van der Waals surface area contributed by atoms with Crippen molar-refractivity contribution in [2.24, 2.45) is 5.92 Å². The Morgan fingerprint density at radius 3 is 2.45 bits per heavy atom. The molecule has 112 valence electrons. The molecule has 1 N–H and O–H groups in total. The SMILES string of the molecule is CC(CN(C)S(=O)(=O)Cc1ccc(Cl)c(Cl)c1)C(=O)O. The average Bonchev–Trinajstić information content (AvgIpc) is 2.33. The van der Waals surface area contributed by atoms with Gasteiger partial charge in [0, 0.05) is 13.6 Å². The summed E-state index contributed by atoms with van der Waals surface area (Å²) in [7, 11) is -2.25. The van der Waals surface area contributed by atoms with Crippen molar-refractivity contribution in [2.75, 3.05) is 13.6 Å². The van der Waals surface area contributed by atoms with Crippen molar-refractivity contribution in [1.82, 2.24) is 4.31 Å². The fourth-order valence-corrected chi connectivity index (χ4v) is 3.12. The number of hydrogen-bond acceptors (Lipinski definition) is 3. The van der Waals surface area contributed by atoms with Gasteiger partial charge in [-0.2, -0.15) is 0 Å². The molecular formula is C12H15Cl2NO4S. The highest BCUT2D eigenvalue weighted by atomic mass is 35.5. The van der Waals surface area contributed by atoms with Gasteiger partial charge in [0.25, 0.3) is 0 Å². The van der Waals surface area contributed by atoms with Gasteiger partial charge in [-0.15, -0.1) is 0 Å². The molecule has 0 radical (unpaired) electrons. The zero-order valence-corrected chi connectivity index (χ0v) is 13.3.